The van der Waals surface area contributed by atoms with Crippen LogP contribution in [0.1, 0.15) is 18.4 Å². The lowest BCUT2D eigenvalue weighted by molar-refractivity contribution is -0.135. The van der Waals surface area contributed by atoms with E-state index in [0.29, 0.717) is 18.4 Å². The maximum atomic E-state index is 12.5. The molecule has 1 aromatic rings. The van der Waals surface area contributed by atoms with Crippen molar-refractivity contribution in [2.75, 3.05) is 46.3 Å². The van der Waals surface area contributed by atoms with Gasteiger partial charge in [0.25, 0.3) is 0 Å². The van der Waals surface area contributed by atoms with Crippen molar-refractivity contribution >= 4 is 5.91 Å². The van der Waals surface area contributed by atoms with E-state index in [-0.39, 0.29) is 12.0 Å². The molecule has 5 heteroatoms. The molecule has 0 radical (unpaired) electrons. The van der Waals surface area contributed by atoms with E-state index in [1.165, 1.54) is 5.56 Å². The van der Waals surface area contributed by atoms with Crippen LogP contribution in [0.5, 0.6) is 0 Å². The standard InChI is InChI=1S/C20H29N3O2/c1-21-7-9-23(10-8-21)20(24)12-18-11-17-14-22(15-19(17)25-18)13-16-5-3-2-4-6-16/h2-6,17-19H,7-15H2,1H3/t17-,18-,19+/m0/s1. The lowest BCUT2D eigenvalue weighted by atomic mass is 10.0. The third-order valence-electron chi connectivity index (χ3n) is 5.90. The van der Waals surface area contributed by atoms with E-state index in [2.05, 4.69) is 47.2 Å². The molecular weight excluding hydrogens is 314 g/mol. The first-order valence-electron chi connectivity index (χ1n) is 9.55. The van der Waals surface area contributed by atoms with Gasteiger partial charge in [-0.15, -0.1) is 0 Å². The Balaban J connectivity index is 1.23. The highest BCUT2D eigenvalue weighted by atomic mass is 16.5. The van der Waals surface area contributed by atoms with E-state index >= 15 is 0 Å². The lowest BCUT2D eigenvalue weighted by Gasteiger charge is -2.33. The zero-order valence-electron chi connectivity index (χ0n) is 15.1. The zero-order chi connectivity index (χ0) is 17.2. The Morgan fingerprint density at radius 1 is 1.12 bits per heavy atom. The van der Waals surface area contributed by atoms with Crippen LogP contribution in [0.2, 0.25) is 0 Å². The first-order valence-corrected chi connectivity index (χ1v) is 9.55. The van der Waals surface area contributed by atoms with Gasteiger partial charge in [0, 0.05) is 51.7 Å². The maximum Gasteiger partial charge on any atom is 0.225 e. The number of piperazine rings is 1. The van der Waals surface area contributed by atoms with Gasteiger partial charge < -0.3 is 14.5 Å². The number of hydrogen-bond donors (Lipinski definition) is 0. The van der Waals surface area contributed by atoms with Gasteiger partial charge in [0.15, 0.2) is 0 Å². The summed E-state index contributed by atoms with van der Waals surface area (Å²) in [4.78, 5) is 19.3. The van der Waals surface area contributed by atoms with E-state index in [9.17, 15) is 4.79 Å². The van der Waals surface area contributed by atoms with Gasteiger partial charge in [-0.2, -0.15) is 0 Å². The molecule has 0 bridgehead atoms. The third-order valence-corrected chi connectivity index (χ3v) is 5.90. The maximum absolute atomic E-state index is 12.5. The largest absolute Gasteiger partial charge is 0.373 e. The summed E-state index contributed by atoms with van der Waals surface area (Å²) in [7, 11) is 2.12. The zero-order valence-corrected chi connectivity index (χ0v) is 15.1. The van der Waals surface area contributed by atoms with Crippen LogP contribution in [-0.2, 0) is 16.1 Å². The first-order chi connectivity index (χ1) is 12.2. The Labute approximate surface area is 150 Å². The monoisotopic (exact) mass is 343 g/mol. The van der Waals surface area contributed by atoms with Gasteiger partial charge in [-0.05, 0) is 19.0 Å². The fourth-order valence-electron chi connectivity index (χ4n) is 4.43. The molecule has 3 fully saturated rings. The van der Waals surface area contributed by atoms with Crippen LogP contribution >= 0.6 is 0 Å². The number of ether oxygens (including phenoxy) is 1. The summed E-state index contributed by atoms with van der Waals surface area (Å²) in [5.74, 6) is 0.869. The Morgan fingerprint density at radius 3 is 2.60 bits per heavy atom. The number of likely N-dealkylation sites (N-methyl/N-ethyl adjacent to an activating group) is 1. The smallest absolute Gasteiger partial charge is 0.225 e. The van der Waals surface area contributed by atoms with E-state index in [0.717, 1.165) is 52.2 Å². The molecule has 4 rings (SSSR count). The molecule has 3 atom stereocenters. The molecule has 1 amide bonds. The summed E-state index contributed by atoms with van der Waals surface area (Å²) in [5, 5.41) is 0. The Hall–Kier alpha value is -1.43. The van der Waals surface area contributed by atoms with Crippen LogP contribution in [0, 0.1) is 5.92 Å². The molecule has 3 heterocycles. The van der Waals surface area contributed by atoms with Crippen LogP contribution in [0.15, 0.2) is 30.3 Å². The normalized spacial score (nSPS) is 30.6. The van der Waals surface area contributed by atoms with Crippen LogP contribution in [-0.4, -0.2) is 79.1 Å². The quantitative estimate of drug-likeness (QED) is 0.829. The summed E-state index contributed by atoms with van der Waals surface area (Å²) < 4.78 is 6.24. The van der Waals surface area contributed by atoms with Crippen LogP contribution in [0.4, 0.5) is 0 Å². The minimum atomic E-state index is 0.126. The molecule has 0 saturated carbocycles. The molecule has 3 aliphatic rings. The van der Waals surface area contributed by atoms with E-state index in [4.69, 9.17) is 4.74 Å². The molecule has 5 nitrogen and oxygen atoms in total. The Morgan fingerprint density at radius 2 is 1.88 bits per heavy atom. The van der Waals surface area contributed by atoms with Gasteiger partial charge in [-0.3, -0.25) is 9.69 Å². The first kappa shape index (κ1) is 17.0. The van der Waals surface area contributed by atoms with E-state index in [1.54, 1.807) is 0 Å². The predicted molar refractivity (Wildman–Crippen MR) is 97.2 cm³/mol. The van der Waals surface area contributed by atoms with Gasteiger partial charge in [-0.25, -0.2) is 0 Å². The van der Waals surface area contributed by atoms with Crippen molar-refractivity contribution in [3.8, 4) is 0 Å². The second kappa shape index (κ2) is 7.44. The molecule has 0 aromatic heterocycles. The number of nitrogens with zero attached hydrogens (tertiary/aromatic N) is 3. The lowest BCUT2D eigenvalue weighted by Crippen LogP contribution is -2.47. The summed E-state index contributed by atoms with van der Waals surface area (Å²) >= 11 is 0. The van der Waals surface area contributed by atoms with Crippen LogP contribution in [0.3, 0.4) is 0 Å². The van der Waals surface area contributed by atoms with Gasteiger partial charge >= 0.3 is 0 Å². The fraction of sp³-hybridized carbons (Fsp3) is 0.650. The van der Waals surface area contributed by atoms with Gasteiger partial charge in [0.2, 0.25) is 5.91 Å². The molecule has 3 aliphatic heterocycles. The van der Waals surface area contributed by atoms with Gasteiger partial charge in [-0.1, -0.05) is 30.3 Å². The van der Waals surface area contributed by atoms with Crippen LogP contribution in [0.25, 0.3) is 0 Å². The summed E-state index contributed by atoms with van der Waals surface area (Å²) in [6, 6.07) is 10.6. The average Bonchev–Trinajstić information content (AvgIpc) is 3.14. The number of benzene rings is 1. The number of carbonyl (C=O) groups is 1. The number of fused-ring (bicyclic) bond motifs is 1. The number of hydrogen-bond acceptors (Lipinski definition) is 4. The van der Waals surface area contributed by atoms with Crippen molar-refractivity contribution in [2.45, 2.75) is 31.6 Å². The van der Waals surface area contributed by atoms with Crippen molar-refractivity contribution < 1.29 is 9.53 Å². The summed E-state index contributed by atoms with van der Waals surface area (Å²) in [6.07, 6.45) is 2.04. The van der Waals surface area contributed by atoms with Crippen molar-refractivity contribution in [3.05, 3.63) is 35.9 Å². The average molecular weight is 343 g/mol. The van der Waals surface area contributed by atoms with Crippen molar-refractivity contribution in [3.63, 3.8) is 0 Å². The minimum absolute atomic E-state index is 0.126. The molecule has 0 unspecified atom stereocenters. The summed E-state index contributed by atoms with van der Waals surface area (Å²) in [5.41, 5.74) is 1.37. The van der Waals surface area contributed by atoms with Crippen molar-refractivity contribution in [1.82, 2.24) is 14.7 Å². The number of amides is 1. The van der Waals surface area contributed by atoms with Gasteiger partial charge in [0.1, 0.15) is 0 Å². The highest BCUT2D eigenvalue weighted by molar-refractivity contribution is 5.76. The number of rotatable bonds is 4. The Kier molecular flexibility index (Phi) is 5.06. The summed E-state index contributed by atoms with van der Waals surface area (Å²) in [6.45, 7) is 6.78. The SMILES string of the molecule is CN1CCN(C(=O)C[C@@H]2C[C@H]3CN(Cc4ccccc4)C[C@H]3O2)CC1. The molecular formula is C20H29N3O2. The van der Waals surface area contributed by atoms with Crippen LogP contribution < -0.4 is 0 Å². The third kappa shape index (κ3) is 4.05. The highest BCUT2D eigenvalue weighted by Gasteiger charge is 2.42. The van der Waals surface area contributed by atoms with E-state index < -0.39 is 0 Å². The molecule has 0 N–H and O–H groups in total. The Bertz CT molecular complexity index is 572. The molecule has 25 heavy (non-hydrogen) atoms. The molecule has 0 spiro atoms. The van der Waals surface area contributed by atoms with Crippen molar-refractivity contribution in [2.24, 2.45) is 5.92 Å². The second-order valence-corrected chi connectivity index (χ2v) is 7.86. The second-order valence-electron chi connectivity index (χ2n) is 7.86. The highest BCUT2D eigenvalue weighted by Crippen LogP contribution is 2.35. The minimum Gasteiger partial charge on any atom is -0.373 e. The molecule has 1 aromatic carbocycles. The fourth-order valence-corrected chi connectivity index (χ4v) is 4.43. The van der Waals surface area contributed by atoms with E-state index in [1.807, 2.05) is 4.90 Å². The molecule has 0 aliphatic carbocycles. The molecule has 3 saturated heterocycles. The van der Waals surface area contributed by atoms with Gasteiger partial charge in [0.05, 0.1) is 18.6 Å². The number of likely N-dealkylation sites (tertiary alicyclic amines) is 1. The number of carbonyl (C=O) groups excluding carboxylic acids is 1. The predicted octanol–water partition coefficient (Wildman–Crippen LogP) is 1.44. The molecule has 136 valence electrons. The van der Waals surface area contributed by atoms with Crippen molar-refractivity contribution in [1.29, 1.82) is 0 Å². The topological polar surface area (TPSA) is 36.0 Å².